The highest BCUT2D eigenvalue weighted by Crippen LogP contribution is 2.18. The van der Waals surface area contributed by atoms with Crippen molar-refractivity contribution in [3.8, 4) is 0 Å². The molecule has 4 heteroatoms. The quantitative estimate of drug-likeness (QED) is 0.644. The molecule has 1 aliphatic carbocycles. The Labute approximate surface area is 71.9 Å². The van der Waals surface area contributed by atoms with Crippen LogP contribution in [-0.2, 0) is 4.74 Å². The first-order valence-electron chi connectivity index (χ1n) is 4.33. The largest absolute Gasteiger partial charge is 0.450 e. The Morgan fingerprint density at radius 2 is 2.42 bits per heavy atom. The molecule has 0 aromatic rings. The first-order valence-corrected chi connectivity index (χ1v) is 4.33. The first-order chi connectivity index (χ1) is 5.72. The molecule has 1 amide bonds. The van der Waals surface area contributed by atoms with Crippen molar-refractivity contribution in [2.75, 3.05) is 6.61 Å². The lowest BCUT2D eigenvalue weighted by Crippen LogP contribution is -2.33. The maximum Gasteiger partial charge on any atom is 0.407 e. The predicted octanol–water partition coefficient (Wildman–Crippen LogP) is 0.646. The second-order valence-electron chi connectivity index (χ2n) is 3.03. The minimum absolute atomic E-state index is 0.0963. The number of alkyl carbamates (subject to hydrolysis) is 1. The Bertz CT molecular complexity index is 160. The fourth-order valence-electron chi connectivity index (χ4n) is 1.43. The van der Waals surface area contributed by atoms with Gasteiger partial charge in [-0.25, -0.2) is 4.79 Å². The van der Waals surface area contributed by atoms with E-state index in [-0.39, 0.29) is 18.2 Å². The minimum Gasteiger partial charge on any atom is -0.450 e. The molecule has 12 heavy (non-hydrogen) atoms. The van der Waals surface area contributed by atoms with Gasteiger partial charge in [-0.3, -0.25) is 0 Å². The van der Waals surface area contributed by atoms with Crippen LogP contribution in [0.2, 0.25) is 0 Å². The molecule has 0 aliphatic heterocycles. The van der Waals surface area contributed by atoms with E-state index in [2.05, 4.69) is 5.32 Å². The van der Waals surface area contributed by atoms with Crippen LogP contribution in [0, 0.1) is 0 Å². The number of carbonyl (C=O) groups excluding carboxylic acids is 1. The second-order valence-corrected chi connectivity index (χ2v) is 3.03. The number of hydrogen-bond acceptors (Lipinski definition) is 3. The zero-order chi connectivity index (χ0) is 8.97. The highest BCUT2D eigenvalue weighted by Gasteiger charge is 2.24. The molecule has 0 radical (unpaired) electrons. The van der Waals surface area contributed by atoms with E-state index in [4.69, 9.17) is 9.84 Å². The van der Waals surface area contributed by atoms with E-state index in [1.54, 1.807) is 6.92 Å². The summed E-state index contributed by atoms with van der Waals surface area (Å²) in [4.78, 5) is 10.9. The van der Waals surface area contributed by atoms with Gasteiger partial charge < -0.3 is 15.2 Å². The molecule has 0 heterocycles. The second kappa shape index (κ2) is 4.30. The highest BCUT2D eigenvalue weighted by atomic mass is 16.5. The topological polar surface area (TPSA) is 58.6 Å². The van der Waals surface area contributed by atoms with Gasteiger partial charge in [-0.15, -0.1) is 0 Å². The molecule has 2 atom stereocenters. The summed E-state index contributed by atoms with van der Waals surface area (Å²) in [6.07, 6.45) is 1.64. The van der Waals surface area contributed by atoms with Crippen LogP contribution in [0.25, 0.3) is 0 Å². The average Bonchev–Trinajstić information content (AvgIpc) is 2.36. The van der Waals surface area contributed by atoms with Crippen LogP contribution in [0.15, 0.2) is 0 Å². The fourth-order valence-corrected chi connectivity index (χ4v) is 1.43. The van der Waals surface area contributed by atoms with Crippen molar-refractivity contribution in [2.45, 2.75) is 38.3 Å². The van der Waals surface area contributed by atoms with Gasteiger partial charge in [0.25, 0.3) is 0 Å². The summed E-state index contributed by atoms with van der Waals surface area (Å²) in [5, 5.41) is 11.8. The SMILES string of the molecule is CCOC(=O)NC1CCC(O)C1. The van der Waals surface area contributed by atoms with Gasteiger partial charge in [-0.1, -0.05) is 0 Å². The van der Waals surface area contributed by atoms with Crippen molar-refractivity contribution in [1.82, 2.24) is 5.32 Å². The van der Waals surface area contributed by atoms with E-state index in [1.165, 1.54) is 0 Å². The maximum absolute atomic E-state index is 10.9. The van der Waals surface area contributed by atoms with Gasteiger partial charge in [-0.05, 0) is 26.2 Å². The lowest BCUT2D eigenvalue weighted by atomic mass is 10.2. The predicted molar refractivity (Wildman–Crippen MR) is 43.8 cm³/mol. The molecule has 0 aromatic carbocycles. The summed E-state index contributed by atoms with van der Waals surface area (Å²) in [5.41, 5.74) is 0. The van der Waals surface area contributed by atoms with Crippen molar-refractivity contribution < 1.29 is 14.6 Å². The van der Waals surface area contributed by atoms with E-state index in [0.29, 0.717) is 13.0 Å². The molecule has 2 N–H and O–H groups in total. The average molecular weight is 173 g/mol. The molecular weight excluding hydrogens is 158 g/mol. The lowest BCUT2D eigenvalue weighted by molar-refractivity contribution is 0.145. The number of rotatable bonds is 2. The van der Waals surface area contributed by atoms with Crippen LogP contribution in [0.4, 0.5) is 4.79 Å². The van der Waals surface area contributed by atoms with Crippen molar-refractivity contribution >= 4 is 6.09 Å². The van der Waals surface area contributed by atoms with Gasteiger partial charge in [0.1, 0.15) is 0 Å². The van der Waals surface area contributed by atoms with Crippen LogP contribution in [0.5, 0.6) is 0 Å². The third-order valence-corrected chi connectivity index (χ3v) is 2.00. The van der Waals surface area contributed by atoms with E-state index >= 15 is 0 Å². The summed E-state index contributed by atoms with van der Waals surface area (Å²) < 4.78 is 4.71. The number of ether oxygens (including phenoxy) is 1. The fraction of sp³-hybridized carbons (Fsp3) is 0.875. The number of carbonyl (C=O) groups is 1. The molecule has 2 unspecified atom stereocenters. The minimum atomic E-state index is -0.378. The molecule has 0 saturated heterocycles. The van der Waals surface area contributed by atoms with Crippen molar-refractivity contribution in [1.29, 1.82) is 0 Å². The third-order valence-electron chi connectivity index (χ3n) is 2.00. The van der Waals surface area contributed by atoms with Gasteiger partial charge in [0.2, 0.25) is 0 Å². The molecule has 1 fully saturated rings. The maximum atomic E-state index is 10.9. The molecule has 0 aromatic heterocycles. The van der Waals surface area contributed by atoms with E-state index in [9.17, 15) is 4.79 Å². The smallest absolute Gasteiger partial charge is 0.407 e. The zero-order valence-electron chi connectivity index (χ0n) is 7.25. The van der Waals surface area contributed by atoms with E-state index in [1.807, 2.05) is 0 Å². The molecule has 0 bridgehead atoms. The standard InChI is InChI=1S/C8H15NO3/c1-2-12-8(11)9-6-3-4-7(10)5-6/h6-7,10H,2-5H2,1H3,(H,9,11). The monoisotopic (exact) mass is 173 g/mol. The summed E-state index contributed by atoms with van der Waals surface area (Å²) in [7, 11) is 0. The Morgan fingerprint density at radius 3 is 2.92 bits per heavy atom. The normalized spacial score (nSPS) is 28.5. The van der Waals surface area contributed by atoms with Gasteiger partial charge in [0, 0.05) is 6.04 Å². The van der Waals surface area contributed by atoms with E-state index < -0.39 is 0 Å². The number of aliphatic hydroxyl groups excluding tert-OH is 1. The van der Waals surface area contributed by atoms with Gasteiger partial charge in [0.15, 0.2) is 0 Å². The van der Waals surface area contributed by atoms with Crippen molar-refractivity contribution in [3.63, 3.8) is 0 Å². The highest BCUT2D eigenvalue weighted by molar-refractivity contribution is 5.67. The molecular formula is C8H15NO3. The lowest BCUT2D eigenvalue weighted by Gasteiger charge is -2.10. The van der Waals surface area contributed by atoms with Crippen LogP contribution >= 0.6 is 0 Å². The van der Waals surface area contributed by atoms with Crippen LogP contribution < -0.4 is 5.32 Å². The molecule has 70 valence electrons. The number of aliphatic hydroxyl groups is 1. The van der Waals surface area contributed by atoms with E-state index in [0.717, 1.165) is 12.8 Å². The molecule has 1 aliphatic rings. The summed E-state index contributed by atoms with van der Waals surface area (Å²) in [5.74, 6) is 0. The van der Waals surface area contributed by atoms with Crippen molar-refractivity contribution in [2.24, 2.45) is 0 Å². The Hall–Kier alpha value is -0.770. The van der Waals surface area contributed by atoms with Gasteiger partial charge >= 0.3 is 6.09 Å². The molecule has 1 rings (SSSR count). The van der Waals surface area contributed by atoms with Crippen LogP contribution in [0.1, 0.15) is 26.2 Å². The van der Waals surface area contributed by atoms with Crippen molar-refractivity contribution in [3.05, 3.63) is 0 Å². The zero-order valence-corrected chi connectivity index (χ0v) is 7.25. The number of hydrogen-bond donors (Lipinski definition) is 2. The molecule has 4 nitrogen and oxygen atoms in total. The van der Waals surface area contributed by atoms with Gasteiger partial charge in [-0.2, -0.15) is 0 Å². The number of nitrogens with one attached hydrogen (secondary N) is 1. The summed E-state index contributed by atoms with van der Waals surface area (Å²) in [6, 6.07) is 0.0963. The Kier molecular flexibility index (Phi) is 3.34. The summed E-state index contributed by atoms with van der Waals surface area (Å²) in [6.45, 7) is 2.16. The summed E-state index contributed by atoms with van der Waals surface area (Å²) >= 11 is 0. The Balaban J connectivity index is 2.18. The first kappa shape index (κ1) is 9.32. The third kappa shape index (κ3) is 2.70. The molecule has 0 spiro atoms. The Morgan fingerprint density at radius 1 is 1.67 bits per heavy atom. The van der Waals surface area contributed by atoms with Gasteiger partial charge in [0.05, 0.1) is 12.7 Å². The van der Waals surface area contributed by atoms with Crippen LogP contribution in [0.3, 0.4) is 0 Å². The molecule has 1 saturated carbocycles. The number of amides is 1. The van der Waals surface area contributed by atoms with Crippen LogP contribution in [-0.4, -0.2) is 30.0 Å².